The van der Waals surface area contributed by atoms with Crippen molar-refractivity contribution >= 4 is 40.6 Å². The Bertz CT molecular complexity index is 762. The molecular weight excluding hydrogens is 395 g/mol. The smallest absolute Gasteiger partial charge is 0.176 e. The Morgan fingerprint density at radius 3 is 2.54 bits per heavy atom. The standard InChI is InChI=1S/C18H19Cl3N4O/c19-15-2-1-12(7-16(15)20)17(26)11-25-5-3-13(4-6-25)22-8-14-9-24-18(21)10-23-14/h1-2,7,9-10,13,22H,3-6,8,11H2. The van der Waals surface area contributed by atoms with Gasteiger partial charge >= 0.3 is 0 Å². The molecule has 1 aromatic heterocycles. The first kappa shape index (κ1) is 19.5. The summed E-state index contributed by atoms with van der Waals surface area (Å²) in [6.45, 7) is 2.80. The number of piperidine rings is 1. The minimum absolute atomic E-state index is 0.0615. The number of hydrogen-bond donors (Lipinski definition) is 1. The Hall–Kier alpha value is -1.24. The van der Waals surface area contributed by atoms with E-state index in [4.69, 9.17) is 34.8 Å². The normalized spacial score (nSPS) is 16.0. The lowest BCUT2D eigenvalue weighted by Crippen LogP contribution is -2.44. The van der Waals surface area contributed by atoms with E-state index >= 15 is 0 Å². The quantitative estimate of drug-likeness (QED) is 0.728. The van der Waals surface area contributed by atoms with Crippen LogP contribution in [-0.4, -0.2) is 46.3 Å². The van der Waals surface area contributed by atoms with Crippen molar-refractivity contribution in [3.63, 3.8) is 0 Å². The van der Waals surface area contributed by atoms with Gasteiger partial charge < -0.3 is 5.32 Å². The second-order valence-electron chi connectivity index (χ2n) is 6.31. The van der Waals surface area contributed by atoms with Gasteiger partial charge in [-0.25, -0.2) is 4.98 Å². The predicted octanol–water partition coefficient (Wildman–Crippen LogP) is 3.87. The maximum Gasteiger partial charge on any atom is 0.176 e. The van der Waals surface area contributed by atoms with Gasteiger partial charge in [0.25, 0.3) is 0 Å². The molecule has 0 amide bonds. The van der Waals surface area contributed by atoms with E-state index in [0.717, 1.165) is 31.6 Å². The fourth-order valence-electron chi connectivity index (χ4n) is 2.94. The molecule has 0 saturated carbocycles. The lowest BCUT2D eigenvalue weighted by molar-refractivity contribution is 0.0904. The molecule has 2 heterocycles. The zero-order valence-electron chi connectivity index (χ0n) is 14.1. The number of rotatable bonds is 6. The van der Waals surface area contributed by atoms with Crippen molar-refractivity contribution < 1.29 is 4.79 Å². The van der Waals surface area contributed by atoms with Gasteiger partial charge in [0.2, 0.25) is 0 Å². The number of carbonyl (C=O) groups excluding carboxylic acids is 1. The number of Topliss-reactive ketones (excluding diaryl/α,β-unsaturated/α-hetero) is 1. The Kier molecular flexibility index (Phi) is 6.84. The van der Waals surface area contributed by atoms with Crippen LogP contribution in [0.15, 0.2) is 30.6 Å². The average molecular weight is 414 g/mol. The van der Waals surface area contributed by atoms with Crippen LogP contribution in [0.4, 0.5) is 0 Å². The average Bonchev–Trinajstić information content (AvgIpc) is 2.64. The van der Waals surface area contributed by atoms with Crippen molar-refractivity contribution in [1.29, 1.82) is 0 Å². The number of aromatic nitrogens is 2. The minimum atomic E-state index is 0.0615. The third-order valence-corrected chi connectivity index (χ3v) is 5.38. The van der Waals surface area contributed by atoms with Crippen LogP contribution in [0.2, 0.25) is 15.2 Å². The monoisotopic (exact) mass is 412 g/mol. The van der Waals surface area contributed by atoms with E-state index in [1.165, 1.54) is 0 Å². The summed E-state index contributed by atoms with van der Waals surface area (Å²) in [5.41, 5.74) is 1.47. The molecular formula is C18H19Cl3N4O. The number of ketones is 1. The summed E-state index contributed by atoms with van der Waals surface area (Å²) in [6, 6.07) is 5.42. The second-order valence-corrected chi connectivity index (χ2v) is 7.52. The van der Waals surface area contributed by atoms with E-state index in [1.807, 2.05) is 0 Å². The van der Waals surface area contributed by atoms with Crippen LogP contribution in [0.3, 0.4) is 0 Å². The van der Waals surface area contributed by atoms with Gasteiger partial charge in [0.05, 0.1) is 34.7 Å². The lowest BCUT2D eigenvalue weighted by Gasteiger charge is -2.32. The highest BCUT2D eigenvalue weighted by Crippen LogP contribution is 2.23. The van der Waals surface area contributed by atoms with Crippen molar-refractivity contribution in [1.82, 2.24) is 20.2 Å². The Labute approximate surface area is 167 Å². The summed E-state index contributed by atoms with van der Waals surface area (Å²) in [5, 5.41) is 4.75. The summed E-state index contributed by atoms with van der Waals surface area (Å²) in [4.78, 5) is 22.8. The molecule has 0 spiro atoms. The molecule has 0 atom stereocenters. The van der Waals surface area contributed by atoms with E-state index in [1.54, 1.807) is 30.6 Å². The van der Waals surface area contributed by atoms with E-state index < -0.39 is 0 Å². The topological polar surface area (TPSA) is 58.1 Å². The largest absolute Gasteiger partial charge is 0.308 e. The van der Waals surface area contributed by atoms with Crippen molar-refractivity contribution in [3.8, 4) is 0 Å². The molecule has 1 aromatic carbocycles. The van der Waals surface area contributed by atoms with Crippen LogP contribution in [-0.2, 0) is 6.54 Å². The fraction of sp³-hybridized carbons (Fsp3) is 0.389. The summed E-state index contributed by atoms with van der Waals surface area (Å²) >= 11 is 17.6. The van der Waals surface area contributed by atoms with Gasteiger partial charge in [0.1, 0.15) is 5.15 Å². The maximum atomic E-state index is 12.4. The summed E-state index contributed by atoms with van der Waals surface area (Å²) in [5.74, 6) is 0.0615. The number of nitrogens with zero attached hydrogens (tertiary/aromatic N) is 3. The zero-order chi connectivity index (χ0) is 18.5. The molecule has 0 bridgehead atoms. The highest BCUT2D eigenvalue weighted by molar-refractivity contribution is 6.42. The Morgan fingerprint density at radius 1 is 1.12 bits per heavy atom. The molecule has 26 heavy (non-hydrogen) atoms. The zero-order valence-corrected chi connectivity index (χ0v) is 16.4. The lowest BCUT2D eigenvalue weighted by atomic mass is 10.0. The third kappa shape index (κ3) is 5.38. The van der Waals surface area contributed by atoms with Gasteiger partial charge in [-0.15, -0.1) is 0 Å². The van der Waals surface area contributed by atoms with Gasteiger partial charge in [0.15, 0.2) is 5.78 Å². The van der Waals surface area contributed by atoms with Crippen LogP contribution in [0.5, 0.6) is 0 Å². The molecule has 138 valence electrons. The van der Waals surface area contributed by atoms with E-state index in [0.29, 0.717) is 39.9 Å². The molecule has 3 rings (SSSR count). The summed E-state index contributed by atoms with van der Waals surface area (Å²) < 4.78 is 0. The molecule has 1 aliphatic heterocycles. The number of hydrogen-bond acceptors (Lipinski definition) is 5. The molecule has 1 aliphatic rings. The van der Waals surface area contributed by atoms with E-state index in [-0.39, 0.29) is 5.78 Å². The minimum Gasteiger partial charge on any atom is -0.308 e. The molecule has 0 unspecified atom stereocenters. The van der Waals surface area contributed by atoms with Crippen LogP contribution in [0.25, 0.3) is 0 Å². The summed E-state index contributed by atoms with van der Waals surface area (Å²) in [7, 11) is 0. The van der Waals surface area contributed by atoms with Crippen LogP contribution < -0.4 is 5.32 Å². The van der Waals surface area contributed by atoms with Crippen molar-refractivity contribution in [3.05, 3.63) is 57.0 Å². The summed E-state index contributed by atoms with van der Waals surface area (Å²) in [6.07, 6.45) is 5.20. The SMILES string of the molecule is O=C(CN1CCC(NCc2cnc(Cl)cn2)CC1)c1ccc(Cl)c(Cl)c1. The van der Waals surface area contributed by atoms with Gasteiger partial charge in [-0.3, -0.25) is 14.7 Å². The van der Waals surface area contributed by atoms with Crippen molar-refractivity contribution in [2.45, 2.75) is 25.4 Å². The molecule has 1 fully saturated rings. The molecule has 5 nitrogen and oxygen atoms in total. The maximum absolute atomic E-state index is 12.4. The molecule has 1 N–H and O–H groups in total. The molecule has 2 aromatic rings. The number of likely N-dealkylation sites (tertiary alicyclic amines) is 1. The number of halogens is 3. The van der Waals surface area contributed by atoms with Gasteiger partial charge in [0, 0.05) is 31.2 Å². The van der Waals surface area contributed by atoms with Crippen molar-refractivity contribution in [2.24, 2.45) is 0 Å². The second kappa shape index (κ2) is 9.11. The highest BCUT2D eigenvalue weighted by atomic mass is 35.5. The highest BCUT2D eigenvalue weighted by Gasteiger charge is 2.21. The first-order valence-electron chi connectivity index (χ1n) is 8.41. The van der Waals surface area contributed by atoms with Gasteiger partial charge in [-0.2, -0.15) is 0 Å². The number of carbonyl (C=O) groups is 1. The molecule has 0 radical (unpaired) electrons. The number of nitrogens with one attached hydrogen (secondary N) is 1. The van der Waals surface area contributed by atoms with E-state index in [9.17, 15) is 4.79 Å². The first-order chi connectivity index (χ1) is 12.5. The van der Waals surface area contributed by atoms with Gasteiger partial charge in [-0.05, 0) is 31.0 Å². The Balaban J connectivity index is 1.43. The third-order valence-electron chi connectivity index (χ3n) is 4.44. The first-order valence-corrected chi connectivity index (χ1v) is 9.55. The van der Waals surface area contributed by atoms with Crippen LogP contribution in [0, 0.1) is 0 Å². The molecule has 1 saturated heterocycles. The fourth-order valence-corrected chi connectivity index (χ4v) is 3.33. The van der Waals surface area contributed by atoms with Gasteiger partial charge in [-0.1, -0.05) is 34.8 Å². The predicted molar refractivity (Wildman–Crippen MR) is 104 cm³/mol. The molecule has 8 heteroatoms. The van der Waals surface area contributed by atoms with Crippen LogP contribution >= 0.6 is 34.8 Å². The van der Waals surface area contributed by atoms with E-state index in [2.05, 4.69) is 20.2 Å². The molecule has 0 aliphatic carbocycles. The Morgan fingerprint density at radius 2 is 1.88 bits per heavy atom. The van der Waals surface area contributed by atoms with Crippen LogP contribution in [0.1, 0.15) is 28.9 Å². The van der Waals surface area contributed by atoms with Crippen molar-refractivity contribution in [2.75, 3.05) is 19.6 Å². The number of benzene rings is 1.